The van der Waals surface area contributed by atoms with Crippen molar-refractivity contribution in [3.05, 3.63) is 0 Å². The average Bonchev–Trinajstić information content (AvgIpc) is 2.92. The number of piperidine rings is 1. The first kappa shape index (κ1) is 12.9. The number of alkyl halides is 1. The van der Waals surface area contributed by atoms with Gasteiger partial charge in [-0.3, -0.25) is 4.79 Å². The molecule has 102 valence electrons. The third kappa shape index (κ3) is 2.11. The van der Waals surface area contributed by atoms with E-state index in [1.165, 1.54) is 12.8 Å². The van der Waals surface area contributed by atoms with Crippen molar-refractivity contribution in [2.45, 2.75) is 68.5 Å². The minimum Gasteiger partial charge on any atom is -0.377 e. The average molecular weight is 316 g/mol. The minimum atomic E-state index is 0.130. The van der Waals surface area contributed by atoms with Gasteiger partial charge in [0.05, 0.1) is 12.0 Å². The molecule has 3 aliphatic rings. The van der Waals surface area contributed by atoms with Gasteiger partial charge in [-0.05, 0) is 38.5 Å². The van der Waals surface area contributed by atoms with Crippen molar-refractivity contribution in [1.29, 1.82) is 0 Å². The molecule has 3 heterocycles. The van der Waals surface area contributed by atoms with Crippen LogP contribution in [0.5, 0.6) is 0 Å². The van der Waals surface area contributed by atoms with Gasteiger partial charge in [-0.1, -0.05) is 22.9 Å². The van der Waals surface area contributed by atoms with Crippen LogP contribution in [0, 0.1) is 5.92 Å². The van der Waals surface area contributed by atoms with Crippen LogP contribution in [0.4, 0.5) is 0 Å². The highest BCUT2D eigenvalue weighted by Crippen LogP contribution is 2.40. The SMILES string of the molecule is CCC1OCCC1C(=O)N1C2CCC1CC(Br)C2. The number of halogens is 1. The maximum absolute atomic E-state index is 12.8. The number of carbonyl (C=O) groups is 1. The molecule has 4 unspecified atom stereocenters. The van der Waals surface area contributed by atoms with Crippen LogP contribution in [0.25, 0.3) is 0 Å². The lowest BCUT2D eigenvalue weighted by molar-refractivity contribution is -0.141. The summed E-state index contributed by atoms with van der Waals surface area (Å²) in [5, 5.41) is 0. The quantitative estimate of drug-likeness (QED) is 0.733. The standard InChI is InChI=1S/C14H22BrNO2/c1-2-13-12(5-6-18-13)14(17)16-10-3-4-11(16)8-9(15)7-10/h9-13H,2-8H2,1H3. The predicted octanol–water partition coefficient (Wildman–Crippen LogP) is 2.72. The summed E-state index contributed by atoms with van der Waals surface area (Å²) in [7, 11) is 0. The molecule has 4 atom stereocenters. The van der Waals surface area contributed by atoms with E-state index in [0.717, 1.165) is 32.3 Å². The van der Waals surface area contributed by atoms with Crippen LogP contribution in [0.2, 0.25) is 0 Å². The van der Waals surface area contributed by atoms with Crippen LogP contribution >= 0.6 is 15.9 Å². The second-order valence-corrected chi connectivity index (χ2v) is 7.21. The summed E-state index contributed by atoms with van der Waals surface area (Å²) in [6, 6.07) is 0.970. The van der Waals surface area contributed by atoms with Crippen LogP contribution < -0.4 is 0 Å². The first-order valence-electron chi connectivity index (χ1n) is 7.28. The first-order valence-corrected chi connectivity index (χ1v) is 8.20. The Morgan fingerprint density at radius 1 is 1.28 bits per heavy atom. The van der Waals surface area contributed by atoms with Gasteiger partial charge in [0.1, 0.15) is 0 Å². The summed E-state index contributed by atoms with van der Waals surface area (Å²) in [6.07, 6.45) is 6.70. The number of carbonyl (C=O) groups excluding carboxylic acids is 1. The molecule has 1 amide bonds. The van der Waals surface area contributed by atoms with E-state index in [9.17, 15) is 4.79 Å². The van der Waals surface area contributed by atoms with E-state index in [1.54, 1.807) is 0 Å². The lowest BCUT2D eigenvalue weighted by Gasteiger charge is -2.39. The molecule has 2 bridgehead atoms. The second-order valence-electron chi connectivity index (χ2n) is 5.91. The molecule has 0 saturated carbocycles. The van der Waals surface area contributed by atoms with Crippen LogP contribution in [-0.2, 0) is 9.53 Å². The fourth-order valence-electron chi connectivity index (χ4n) is 4.00. The second kappa shape index (κ2) is 5.12. The van der Waals surface area contributed by atoms with Crippen LogP contribution in [0.15, 0.2) is 0 Å². The Balaban J connectivity index is 1.73. The van der Waals surface area contributed by atoms with Gasteiger partial charge in [0, 0.05) is 23.5 Å². The maximum atomic E-state index is 12.8. The number of ether oxygens (including phenoxy) is 1. The van der Waals surface area contributed by atoms with Gasteiger partial charge in [-0.2, -0.15) is 0 Å². The lowest BCUT2D eigenvalue weighted by atomic mass is 9.94. The van der Waals surface area contributed by atoms with Crippen molar-refractivity contribution in [3.63, 3.8) is 0 Å². The van der Waals surface area contributed by atoms with Gasteiger partial charge in [0.15, 0.2) is 0 Å². The molecule has 0 aromatic rings. The minimum absolute atomic E-state index is 0.130. The summed E-state index contributed by atoms with van der Waals surface area (Å²) in [4.78, 5) is 15.6. The first-order chi connectivity index (χ1) is 8.70. The number of fused-ring (bicyclic) bond motifs is 2. The Bertz CT molecular complexity index is 322. The fourth-order valence-corrected chi connectivity index (χ4v) is 4.86. The van der Waals surface area contributed by atoms with Crippen molar-refractivity contribution in [2.24, 2.45) is 5.92 Å². The van der Waals surface area contributed by atoms with Gasteiger partial charge in [0.25, 0.3) is 0 Å². The summed E-state index contributed by atoms with van der Waals surface area (Å²) < 4.78 is 5.68. The number of amides is 1. The maximum Gasteiger partial charge on any atom is 0.228 e. The molecule has 3 nitrogen and oxygen atoms in total. The zero-order valence-corrected chi connectivity index (χ0v) is 12.6. The molecule has 4 heteroatoms. The fraction of sp³-hybridized carbons (Fsp3) is 0.929. The molecule has 0 aromatic carbocycles. The number of nitrogens with zero attached hydrogens (tertiary/aromatic N) is 1. The summed E-state index contributed by atoms with van der Waals surface area (Å²) in [5.41, 5.74) is 0. The van der Waals surface area contributed by atoms with Crippen LogP contribution in [0.1, 0.15) is 45.4 Å². The van der Waals surface area contributed by atoms with Gasteiger partial charge in [-0.25, -0.2) is 0 Å². The molecule has 3 aliphatic heterocycles. The van der Waals surface area contributed by atoms with Crippen molar-refractivity contribution in [2.75, 3.05) is 6.61 Å². The third-order valence-corrected chi connectivity index (χ3v) is 5.61. The van der Waals surface area contributed by atoms with Gasteiger partial charge in [0.2, 0.25) is 5.91 Å². The number of hydrogen-bond acceptors (Lipinski definition) is 2. The number of hydrogen-bond donors (Lipinski definition) is 0. The van der Waals surface area contributed by atoms with Gasteiger partial charge in [-0.15, -0.1) is 0 Å². The molecule has 0 aromatic heterocycles. The van der Waals surface area contributed by atoms with E-state index in [1.807, 2.05) is 0 Å². The molecule has 0 radical (unpaired) electrons. The van der Waals surface area contributed by atoms with Gasteiger partial charge >= 0.3 is 0 Å². The highest BCUT2D eigenvalue weighted by molar-refractivity contribution is 9.09. The van der Waals surface area contributed by atoms with E-state index >= 15 is 0 Å². The van der Waals surface area contributed by atoms with Crippen molar-refractivity contribution >= 4 is 21.8 Å². The topological polar surface area (TPSA) is 29.5 Å². The molecule has 18 heavy (non-hydrogen) atoms. The summed E-state index contributed by atoms with van der Waals surface area (Å²) in [6.45, 7) is 2.88. The Kier molecular flexibility index (Phi) is 3.68. The van der Waals surface area contributed by atoms with E-state index in [0.29, 0.717) is 22.8 Å². The predicted molar refractivity (Wildman–Crippen MR) is 73.7 cm³/mol. The summed E-state index contributed by atoms with van der Waals surface area (Å²) >= 11 is 3.73. The molecule has 3 fully saturated rings. The largest absolute Gasteiger partial charge is 0.377 e. The lowest BCUT2D eigenvalue weighted by Crippen LogP contribution is -2.50. The Labute approximate surface area is 117 Å². The highest BCUT2D eigenvalue weighted by Gasteiger charge is 2.46. The van der Waals surface area contributed by atoms with E-state index in [4.69, 9.17) is 4.74 Å². The zero-order valence-electron chi connectivity index (χ0n) is 11.0. The molecular weight excluding hydrogens is 294 g/mol. The Morgan fingerprint density at radius 2 is 1.94 bits per heavy atom. The molecule has 3 rings (SSSR count). The molecule has 3 saturated heterocycles. The highest BCUT2D eigenvalue weighted by atomic mass is 79.9. The number of rotatable bonds is 2. The van der Waals surface area contributed by atoms with E-state index in [2.05, 4.69) is 27.8 Å². The van der Waals surface area contributed by atoms with Crippen LogP contribution in [0.3, 0.4) is 0 Å². The van der Waals surface area contributed by atoms with Crippen LogP contribution in [-0.4, -0.2) is 40.4 Å². The smallest absolute Gasteiger partial charge is 0.228 e. The van der Waals surface area contributed by atoms with Crippen molar-refractivity contribution in [3.8, 4) is 0 Å². The van der Waals surface area contributed by atoms with E-state index < -0.39 is 0 Å². The molecule has 0 N–H and O–H groups in total. The van der Waals surface area contributed by atoms with E-state index in [-0.39, 0.29) is 12.0 Å². The van der Waals surface area contributed by atoms with Crippen molar-refractivity contribution < 1.29 is 9.53 Å². The Morgan fingerprint density at radius 3 is 2.56 bits per heavy atom. The monoisotopic (exact) mass is 315 g/mol. The third-order valence-electron chi connectivity index (χ3n) is 4.86. The van der Waals surface area contributed by atoms with Crippen molar-refractivity contribution in [1.82, 2.24) is 4.90 Å². The molecular formula is C14H22BrNO2. The summed E-state index contributed by atoms with van der Waals surface area (Å²) in [5.74, 6) is 0.510. The molecule has 0 spiro atoms. The normalized spacial score (nSPS) is 43.4. The zero-order chi connectivity index (χ0) is 12.7. The Hall–Kier alpha value is -0.0900. The molecule has 0 aliphatic carbocycles. The van der Waals surface area contributed by atoms with Gasteiger partial charge < -0.3 is 9.64 Å².